The highest BCUT2D eigenvalue weighted by molar-refractivity contribution is 5.57. The first kappa shape index (κ1) is 19.1. The molecular formula is C22H26N6O. The molecule has 7 heteroatoms. The molecule has 1 aliphatic heterocycles. The van der Waals surface area contributed by atoms with Crippen LogP contribution in [-0.4, -0.2) is 39.4 Å². The molecule has 2 aromatic heterocycles. The summed E-state index contributed by atoms with van der Waals surface area (Å²) in [7, 11) is 0. The highest BCUT2D eigenvalue weighted by atomic mass is 16.1. The van der Waals surface area contributed by atoms with Crippen molar-refractivity contribution in [1.82, 2.24) is 19.7 Å². The predicted octanol–water partition coefficient (Wildman–Crippen LogP) is 3.03. The minimum Gasteiger partial charge on any atom is -0.368 e. The second kappa shape index (κ2) is 8.43. The molecule has 0 saturated carbocycles. The van der Waals surface area contributed by atoms with E-state index < -0.39 is 0 Å². The molecule has 0 atom stereocenters. The molecule has 0 amide bonds. The Morgan fingerprint density at radius 1 is 1.00 bits per heavy atom. The molecule has 0 bridgehead atoms. The Morgan fingerprint density at radius 3 is 2.52 bits per heavy atom. The molecule has 1 N–H and O–H groups in total. The zero-order chi connectivity index (χ0) is 20.2. The number of nitrogens with zero attached hydrogens (tertiary/aromatic N) is 5. The lowest BCUT2D eigenvalue weighted by Gasteiger charge is -2.19. The molecule has 1 saturated heterocycles. The standard InChI is InChI=1S/C22H26N6O/c1-16-17(2)24-22(27-13-6-7-14-27)25-21(16)23-12-15-28-20(29)11-10-19(26-28)18-8-4-3-5-9-18/h3-5,8-11H,6-7,12-15H2,1-2H3,(H,23,24,25). The molecule has 0 radical (unpaired) electrons. The van der Waals surface area contributed by atoms with Gasteiger partial charge in [-0.2, -0.15) is 10.1 Å². The summed E-state index contributed by atoms with van der Waals surface area (Å²) in [5, 5.41) is 7.89. The quantitative estimate of drug-likeness (QED) is 0.697. The van der Waals surface area contributed by atoms with Crippen molar-refractivity contribution in [2.45, 2.75) is 33.2 Å². The molecule has 1 aliphatic rings. The van der Waals surface area contributed by atoms with Crippen molar-refractivity contribution in [3.8, 4) is 11.3 Å². The predicted molar refractivity (Wildman–Crippen MR) is 115 cm³/mol. The summed E-state index contributed by atoms with van der Waals surface area (Å²) in [5.74, 6) is 1.61. The summed E-state index contributed by atoms with van der Waals surface area (Å²) in [5.41, 5.74) is 3.68. The molecular weight excluding hydrogens is 364 g/mol. The van der Waals surface area contributed by atoms with E-state index in [0.29, 0.717) is 13.1 Å². The molecule has 3 aromatic rings. The van der Waals surface area contributed by atoms with Gasteiger partial charge in [-0.25, -0.2) is 9.67 Å². The summed E-state index contributed by atoms with van der Waals surface area (Å²) >= 11 is 0. The van der Waals surface area contributed by atoms with Gasteiger partial charge in [-0.15, -0.1) is 0 Å². The molecule has 4 rings (SSSR count). The molecule has 29 heavy (non-hydrogen) atoms. The zero-order valence-corrected chi connectivity index (χ0v) is 16.9. The smallest absolute Gasteiger partial charge is 0.266 e. The van der Waals surface area contributed by atoms with E-state index in [1.165, 1.54) is 17.5 Å². The Morgan fingerprint density at radius 2 is 1.76 bits per heavy atom. The monoisotopic (exact) mass is 390 g/mol. The van der Waals surface area contributed by atoms with Gasteiger partial charge < -0.3 is 10.2 Å². The summed E-state index contributed by atoms with van der Waals surface area (Å²) in [6, 6.07) is 13.2. The van der Waals surface area contributed by atoms with Crippen molar-refractivity contribution in [3.05, 3.63) is 64.1 Å². The maximum atomic E-state index is 12.2. The number of aromatic nitrogens is 4. The first-order valence-electron chi connectivity index (χ1n) is 10.1. The van der Waals surface area contributed by atoms with Crippen molar-refractivity contribution >= 4 is 11.8 Å². The Hall–Kier alpha value is -3.22. The third-order valence-electron chi connectivity index (χ3n) is 5.32. The van der Waals surface area contributed by atoms with Crippen LogP contribution in [0.2, 0.25) is 0 Å². The Balaban J connectivity index is 1.48. The van der Waals surface area contributed by atoms with E-state index in [2.05, 4.69) is 20.3 Å². The average molecular weight is 390 g/mol. The van der Waals surface area contributed by atoms with Gasteiger partial charge in [-0.05, 0) is 32.8 Å². The van der Waals surface area contributed by atoms with Crippen LogP contribution >= 0.6 is 0 Å². The maximum Gasteiger partial charge on any atom is 0.266 e. The minimum absolute atomic E-state index is 0.111. The van der Waals surface area contributed by atoms with E-state index in [1.54, 1.807) is 12.1 Å². The fraction of sp³-hybridized carbons (Fsp3) is 0.364. The average Bonchev–Trinajstić information content (AvgIpc) is 3.28. The number of nitrogens with one attached hydrogen (secondary N) is 1. The van der Waals surface area contributed by atoms with Crippen molar-refractivity contribution in [1.29, 1.82) is 0 Å². The number of aryl methyl sites for hydroxylation is 1. The van der Waals surface area contributed by atoms with Gasteiger partial charge in [-0.1, -0.05) is 30.3 Å². The van der Waals surface area contributed by atoms with Gasteiger partial charge >= 0.3 is 0 Å². The van der Waals surface area contributed by atoms with Crippen LogP contribution in [0, 0.1) is 13.8 Å². The summed E-state index contributed by atoms with van der Waals surface area (Å²) in [6.45, 7) is 7.06. The van der Waals surface area contributed by atoms with Crippen LogP contribution in [0.25, 0.3) is 11.3 Å². The van der Waals surface area contributed by atoms with Crippen LogP contribution < -0.4 is 15.8 Å². The maximum absolute atomic E-state index is 12.2. The summed E-state index contributed by atoms with van der Waals surface area (Å²) in [4.78, 5) is 23.8. The normalized spacial score (nSPS) is 13.7. The van der Waals surface area contributed by atoms with Crippen LogP contribution in [0.15, 0.2) is 47.3 Å². The lowest BCUT2D eigenvalue weighted by molar-refractivity contribution is 0.600. The van der Waals surface area contributed by atoms with E-state index in [0.717, 1.165) is 47.4 Å². The first-order chi connectivity index (χ1) is 14.1. The number of hydrogen-bond acceptors (Lipinski definition) is 6. The number of rotatable bonds is 6. The Bertz CT molecular complexity index is 1040. The second-order valence-corrected chi connectivity index (χ2v) is 7.35. The van der Waals surface area contributed by atoms with Crippen LogP contribution in [0.4, 0.5) is 11.8 Å². The van der Waals surface area contributed by atoms with Crippen LogP contribution in [0.5, 0.6) is 0 Å². The van der Waals surface area contributed by atoms with Gasteiger partial charge in [0.25, 0.3) is 5.56 Å². The molecule has 1 aromatic carbocycles. The largest absolute Gasteiger partial charge is 0.368 e. The van der Waals surface area contributed by atoms with E-state index in [1.807, 2.05) is 44.2 Å². The Labute approximate surface area is 170 Å². The van der Waals surface area contributed by atoms with Gasteiger partial charge in [0, 0.05) is 42.5 Å². The topological polar surface area (TPSA) is 75.9 Å². The molecule has 0 aliphatic carbocycles. The molecule has 3 heterocycles. The third kappa shape index (κ3) is 4.29. The highest BCUT2D eigenvalue weighted by Crippen LogP contribution is 2.22. The number of benzene rings is 1. The van der Waals surface area contributed by atoms with E-state index in [-0.39, 0.29) is 5.56 Å². The van der Waals surface area contributed by atoms with E-state index in [4.69, 9.17) is 4.98 Å². The number of hydrogen-bond donors (Lipinski definition) is 1. The van der Waals surface area contributed by atoms with Crippen molar-refractivity contribution in [3.63, 3.8) is 0 Å². The SMILES string of the molecule is Cc1nc(N2CCCC2)nc(NCCn2nc(-c3ccccc3)ccc2=O)c1C. The van der Waals surface area contributed by atoms with Gasteiger partial charge in [0.05, 0.1) is 12.2 Å². The number of anilines is 2. The van der Waals surface area contributed by atoms with Crippen molar-refractivity contribution < 1.29 is 0 Å². The molecule has 0 unspecified atom stereocenters. The van der Waals surface area contributed by atoms with Crippen LogP contribution in [0.1, 0.15) is 24.1 Å². The minimum atomic E-state index is -0.111. The highest BCUT2D eigenvalue weighted by Gasteiger charge is 2.17. The second-order valence-electron chi connectivity index (χ2n) is 7.35. The third-order valence-corrected chi connectivity index (χ3v) is 5.32. The lowest BCUT2D eigenvalue weighted by Crippen LogP contribution is -2.26. The van der Waals surface area contributed by atoms with Crippen LogP contribution in [-0.2, 0) is 6.54 Å². The van der Waals surface area contributed by atoms with Gasteiger partial charge in [0.15, 0.2) is 0 Å². The summed E-state index contributed by atoms with van der Waals surface area (Å²) < 4.78 is 1.50. The zero-order valence-electron chi connectivity index (χ0n) is 16.9. The summed E-state index contributed by atoms with van der Waals surface area (Å²) in [6.07, 6.45) is 2.37. The van der Waals surface area contributed by atoms with Crippen LogP contribution in [0.3, 0.4) is 0 Å². The molecule has 150 valence electrons. The van der Waals surface area contributed by atoms with Gasteiger partial charge in [0.1, 0.15) is 5.82 Å². The van der Waals surface area contributed by atoms with Gasteiger partial charge in [0.2, 0.25) is 5.95 Å². The van der Waals surface area contributed by atoms with E-state index in [9.17, 15) is 4.79 Å². The van der Waals surface area contributed by atoms with Crippen molar-refractivity contribution in [2.75, 3.05) is 29.9 Å². The van der Waals surface area contributed by atoms with Gasteiger partial charge in [-0.3, -0.25) is 4.79 Å². The first-order valence-corrected chi connectivity index (χ1v) is 10.1. The lowest BCUT2D eigenvalue weighted by atomic mass is 10.1. The molecule has 7 nitrogen and oxygen atoms in total. The molecule has 0 spiro atoms. The fourth-order valence-electron chi connectivity index (χ4n) is 3.50. The Kier molecular flexibility index (Phi) is 5.55. The fourth-order valence-corrected chi connectivity index (χ4v) is 3.50. The van der Waals surface area contributed by atoms with E-state index >= 15 is 0 Å². The molecule has 1 fully saturated rings. The van der Waals surface area contributed by atoms with Crippen molar-refractivity contribution in [2.24, 2.45) is 0 Å².